The molecule has 4 nitrogen and oxygen atoms in total. The van der Waals surface area contributed by atoms with Crippen molar-refractivity contribution in [2.24, 2.45) is 5.73 Å². The highest BCUT2D eigenvalue weighted by molar-refractivity contribution is 7.05. The first kappa shape index (κ1) is 8.00. The van der Waals surface area contributed by atoms with Crippen LogP contribution in [0.3, 0.4) is 0 Å². The van der Waals surface area contributed by atoms with Crippen molar-refractivity contribution in [1.82, 2.24) is 4.37 Å². The van der Waals surface area contributed by atoms with Gasteiger partial charge in [0.15, 0.2) is 6.61 Å². The van der Waals surface area contributed by atoms with Gasteiger partial charge in [0, 0.05) is 10.9 Å². The molecule has 0 bridgehead atoms. The van der Waals surface area contributed by atoms with Crippen LogP contribution in [-0.2, 0) is 4.79 Å². The standard InChI is InChI=1S/C6H8N2O2S/c1-4-2-6(8-11-4)10-3-5(7)9/h2H,3H2,1H3,(H2,7,9). The molecule has 0 spiro atoms. The Balaban J connectivity index is 2.45. The molecule has 60 valence electrons. The second-order valence-corrected chi connectivity index (χ2v) is 3.04. The molecule has 0 aliphatic heterocycles. The Morgan fingerprint density at radius 3 is 3.09 bits per heavy atom. The Morgan fingerprint density at radius 1 is 1.91 bits per heavy atom. The number of primary amides is 1. The van der Waals surface area contributed by atoms with Gasteiger partial charge in [-0.05, 0) is 18.5 Å². The summed E-state index contributed by atoms with van der Waals surface area (Å²) in [4.78, 5) is 11.3. The van der Waals surface area contributed by atoms with E-state index >= 15 is 0 Å². The minimum absolute atomic E-state index is 0.108. The van der Waals surface area contributed by atoms with E-state index in [1.54, 1.807) is 6.07 Å². The molecule has 0 aliphatic carbocycles. The quantitative estimate of drug-likeness (QED) is 0.713. The molecule has 0 atom stereocenters. The van der Waals surface area contributed by atoms with E-state index in [1.165, 1.54) is 11.5 Å². The molecule has 0 saturated carbocycles. The summed E-state index contributed by atoms with van der Waals surface area (Å²) in [6.45, 7) is 1.80. The van der Waals surface area contributed by atoms with Crippen LogP contribution in [0, 0.1) is 6.92 Å². The molecule has 0 fully saturated rings. The first-order chi connectivity index (χ1) is 5.18. The number of ether oxygens (including phenoxy) is 1. The van der Waals surface area contributed by atoms with Gasteiger partial charge in [0.2, 0.25) is 5.88 Å². The van der Waals surface area contributed by atoms with Crippen LogP contribution in [0.15, 0.2) is 6.07 Å². The maximum atomic E-state index is 10.3. The fourth-order valence-corrected chi connectivity index (χ4v) is 1.05. The average Bonchev–Trinajstić information content (AvgIpc) is 2.31. The molecule has 0 aromatic carbocycles. The first-order valence-corrected chi connectivity index (χ1v) is 3.80. The van der Waals surface area contributed by atoms with Gasteiger partial charge in [-0.25, -0.2) is 0 Å². The number of amides is 1. The van der Waals surface area contributed by atoms with Crippen molar-refractivity contribution >= 4 is 17.4 Å². The second kappa shape index (κ2) is 3.34. The van der Waals surface area contributed by atoms with Gasteiger partial charge in [-0.2, -0.15) is 4.37 Å². The molecule has 0 radical (unpaired) electrons. The Bertz CT molecular complexity index is 259. The van der Waals surface area contributed by atoms with E-state index in [1.807, 2.05) is 6.92 Å². The molecule has 1 aromatic rings. The predicted molar refractivity (Wildman–Crippen MR) is 41.5 cm³/mol. The number of nitrogens with two attached hydrogens (primary N) is 1. The summed E-state index contributed by atoms with van der Waals surface area (Å²) in [6.07, 6.45) is 0. The topological polar surface area (TPSA) is 65.2 Å². The number of rotatable bonds is 3. The van der Waals surface area contributed by atoms with E-state index in [0.29, 0.717) is 5.88 Å². The molecular weight excluding hydrogens is 164 g/mol. The molecular formula is C6H8N2O2S. The first-order valence-electron chi connectivity index (χ1n) is 3.03. The van der Waals surface area contributed by atoms with Crippen molar-refractivity contribution in [2.75, 3.05) is 6.61 Å². The fourth-order valence-electron chi connectivity index (χ4n) is 0.557. The van der Waals surface area contributed by atoms with E-state index in [9.17, 15) is 4.79 Å². The van der Waals surface area contributed by atoms with Crippen molar-refractivity contribution in [2.45, 2.75) is 6.92 Å². The van der Waals surface area contributed by atoms with Crippen LogP contribution in [0.5, 0.6) is 5.88 Å². The lowest BCUT2D eigenvalue weighted by molar-refractivity contribution is -0.120. The Kier molecular flexibility index (Phi) is 2.43. The molecule has 0 saturated heterocycles. The average molecular weight is 172 g/mol. The number of carbonyl (C=O) groups is 1. The van der Waals surface area contributed by atoms with Gasteiger partial charge in [0.05, 0.1) is 0 Å². The highest BCUT2D eigenvalue weighted by Gasteiger charge is 2.00. The number of carbonyl (C=O) groups excluding carboxylic acids is 1. The summed E-state index contributed by atoms with van der Waals surface area (Å²) in [6, 6.07) is 1.76. The van der Waals surface area contributed by atoms with Crippen molar-refractivity contribution in [3.8, 4) is 5.88 Å². The molecule has 11 heavy (non-hydrogen) atoms. The van der Waals surface area contributed by atoms with Gasteiger partial charge in [-0.15, -0.1) is 0 Å². The zero-order valence-electron chi connectivity index (χ0n) is 6.03. The van der Waals surface area contributed by atoms with E-state index < -0.39 is 5.91 Å². The van der Waals surface area contributed by atoms with Gasteiger partial charge in [0.25, 0.3) is 5.91 Å². The number of aryl methyl sites for hydroxylation is 1. The van der Waals surface area contributed by atoms with Crippen LogP contribution in [0.25, 0.3) is 0 Å². The van der Waals surface area contributed by atoms with Crippen molar-refractivity contribution in [3.05, 3.63) is 10.9 Å². The largest absolute Gasteiger partial charge is 0.467 e. The van der Waals surface area contributed by atoms with Gasteiger partial charge in [-0.1, -0.05) is 0 Å². The molecule has 1 amide bonds. The maximum Gasteiger partial charge on any atom is 0.255 e. The molecule has 1 rings (SSSR count). The summed E-state index contributed by atoms with van der Waals surface area (Å²) in [5.74, 6) is -0.0260. The van der Waals surface area contributed by atoms with Gasteiger partial charge in [0.1, 0.15) is 0 Å². The van der Waals surface area contributed by atoms with Crippen LogP contribution >= 0.6 is 11.5 Å². The Labute approximate surface area is 68.1 Å². The number of nitrogens with zero attached hydrogens (tertiary/aromatic N) is 1. The fraction of sp³-hybridized carbons (Fsp3) is 0.333. The third kappa shape index (κ3) is 2.55. The smallest absolute Gasteiger partial charge is 0.255 e. The summed E-state index contributed by atoms with van der Waals surface area (Å²) in [7, 11) is 0. The SMILES string of the molecule is Cc1cc(OCC(N)=O)ns1. The lowest BCUT2D eigenvalue weighted by atomic mass is 10.5. The molecule has 5 heteroatoms. The van der Waals surface area contributed by atoms with E-state index in [4.69, 9.17) is 10.5 Å². The highest BCUT2D eigenvalue weighted by atomic mass is 32.1. The van der Waals surface area contributed by atoms with E-state index in [2.05, 4.69) is 4.37 Å². The Hall–Kier alpha value is -1.10. The molecule has 0 aliphatic rings. The lowest BCUT2D eigenvalue weighted by Crippen LogP contribution is -2.20. The van der Waals surface area contributed by atoms with Gasteiger partial charge in [-0.3, -0.25) is 4.79 Å². The van der Waals surface area contributed by atoms with Crippen LogP contribution < -0.4 is 10.5 Å². The van der Waals surface area contributed by atoms with Crippen molar-refractivity contribution < 1.29 is 9.53 Å². The summed E-state index contributed by atoms with van der Waals surface area (Å²) < 4.78 is 8.81. The second-order valence-electron chi connectivity index (χ2n) is 2.03. The number of aromatic nitrogens is 1. The number of hydrogen-bond acceptors (Lipinski definition) is 4. The van der Waals surface area contributed by atoms with Crippen LogP contribution in [-0.4, -0.2) is 16.9 Å². The molecule has 1 heterocycles. The molecule has 0 unspecified atom stereocenters. The normalized spacial score (nSPS) is 9.55. The predicted octanol–water partition coefficient (Wildman–Crippen LogP) is 0.316. The van der Waals surface area contributed by atoms with Crippen molar-refractivity contribution in [3.63, 3.8) is 0 Å². The minimum atomic E-state index is -0.490. The molecule has 2 N–H and O–H groups in total. The number of hydrogen-bond donors (Lipinski definition) is 1. The zero-order valence-corrected chi connectivity index (χ0v) is 6.85. The lowest BCUT2D eigenvalue weighted by Gasteiger charge is -1.95. The zero-order chi connectivity index (χ0) is 8.27. The summed E-state index contributed by atoms with van der Waals surface area (Å²) >= 11 is 1.33. The summed E-state index contributed by atoms with van der Waals surface area (Å²) in [5.41, 5.74) is 4.86. The van der Waals surface area contributed by atoms with Crippen LogP contribution in [0.1, 0.15) is 4.88 Å². The van der Waals surface area contributed by atoms with Crippen LogP contribution in [0.4, 0.5) is 0 Å². The third-order valence-corrected chi connectivity index (χ3v) is 1.65. The summed E-state index contributed by atoms with van der Waals surface area (Å²) in [5, 5.41) is 0. The maximum absolute atomic E-state index is 10.3. The highest BCUT2D eigenvalue weighted by Crippen LogP contribution is 2.14. The Morgan fingerprint density at radius 2 is 2.64 bits per heavy atom. The van der Waals surface area contributed by atoms with Crippen LogP contribution in [0.2, 0.25) is 0 Å². The minimum Gasteiger partial charge on any atom is -0.467 e. The monoisotopic (exact) mass is 172 g/mol. The van der Waals surface area contributed by atoms with Gasteiger partial charge >= 0.3 is 0 Å². The van der Waals surface area contributed by atoms with Crippen molar-refractivity contribution in [1.29, 1.82) is 0 Å². The third-order valence-electron chi connectivity index (χ3n) is 0.969. The van der Waals surface area contributed by atoms with Gasteiger partial charge < -0.3 is 10.5 Å². The van der Waals surface area contributed by atoms with E-state index in [0.717, 1.165) is 4.88 Å². The van der Waals surface area contributed by atoms with E-state index in [-0.39, 0.29) is 6.61 Å². The molecule has 1 aromatic heterocycles.